The SMILES string of the molecule is CCn1cc(C(C)NC(C)c2ccccc2C)cn1. The summed E-state index contributed by atoms with van der Waals surface area (Å²) in [6.07, 6.45) is 4.06. The molecule has 2 atom stereocenters. The summed E-state index contributed by atoms with van der Waals surface area (Å²) >= 11 is 0. The third-order valence-corrected chi connectivity index (χ3v) is 3.63. The lowest BCUT2D eigenvalue weighted by molar-refractivity contribution is 0.492. The fourth-order valence-corrected chi connectivity index (χ4v) is 2.41. The van der Waals surface area contributed by atoms with Crippen molar-refractivity contribution < 1.29 is 0 Å². The molecule has 1 aromatic heterocycles. The predicted molar refractivity (Wildman–Crippen MR) is 79.0 cm³/mol. The van der Waals surface area contributed by atoms with Gasteiger partial charge in [-0.2, -0.15) is 5.10 Å². The molecule has 0 amide bonds. The number of hydrogen-bond donors (Lipinski definition) is 1. The van der Waals surface area contributed by atoms with Gasteiger partial charge in [0.1, 0.15) is 0 Å². The number of hydrogen-bond acceptors (Lipinski definition) is 2. The van der Waals surface area contributed by atoms with Gasteiger partial charge in [-0.25, -0.2) is 0 Å². The summed E-state index contributed by atoms with van der Waals surface area (Å²) in [5, 5.41) is 7.97. The van der Waals surface area contributed by atoms with Crippen LogP contribution in [0.2, 0.25) is 0 Å². The van der Waals surface area contributed by atoms with Gasteiger partial charge in [-0.1, -0.05) is 24.3 Å². The second-order valence-electron chi connectivity index (χ2n) is 5.10. The van der Waals surface area contributed by atoms with Gasteiger partial charge in [0.2, 0.25) is 0 Å². The molecule has 0 radical (unpaired) electrons. The Hall–Kier alpha value is -1.61. The molecule has 1 N–H and O–H groups in total. The molecule has 0 saturated carbocycles. The normalized spacial score (nSPS) is 14.3. The van der Waals surface area contributed by atoms with Crippen molar-refractivity contribution in [3.8, 4) is 0 Å². The van der Waals surface area contributed by atoms with Crippen molar-refractivity contribution >= 4 is 0 Å². The largest absolute Gasteiger partial charge is 0.304 e. The molecule has 0 bridgehead atoms. The van der Waals surface area contributed by atoms with Crippen LogP contribution in [0.5, 0.6) is 0 Å². The van der Waals surface area contributed by atoms with Crippen LogP contribution in [-0.4, -0.2) is 9.78 Å². The Morgan fingerprint density at radius 3 is 2.58 bits per heavy atom. The Bertz CT molecular complexity index is 530. The Kier molecular flexibility index (Phi) is 4.38. The van der Waals surface area contributed by atoms with Crippen molar-refractivity contribution in [2.24, 2.45) is 0 Å². The third kappa shape index (κ3) is 3.24. The van der Waals surface area contributed by atoms with Gasteiger partial charge >= 0.3 is 0 Å². The molecule has 0 aliphatic heterocycles. The molecule has 102 valence electrons. The average molecular weight is 257 g/mol. The molecule has 0 fully saturated rings. The average Bonchev–Trinajstić information content (AvgIpc) is 2.88. The van der Waals surface area contributed by atoms with Gasteiger partial charge in [-0.05, 0) is 38.8 Å². The molecule has 1 heterocycles. The van der Waals surface area contributed by atoms with Crippen molar-refractivity contribution in [3.05, 3.63) is 53.3 Å². The number of benzene rings is 1. The minimum atomic E-state index is 0.301. The van der Waals surface area contributed by atoms with E-state index in [1.54, 1.807) is 0 Å². The maximum atomic E-state index is 4.33. The minimum absolute atomic E-state index is 0.301. The van der Waals surface area contributed by atoms with Gasteiger partial charge in [0.25, 0.3) is 0 Å². The summed E-state index contributed by atoms with van der Waals surface area (Å²) in [5.74, 6) is 0. The zero-order valence-electron chi connectivity index (χ0n) is 12.2. The standard InChI is InChI=1S/C16H23N3/c1-5-19-11-15(10-17-19)13(3)18-14(4)16-9-7-6-8-12(16)2/h6-11,13-14,18H,5H2,1-4H3. The molecular weight excluding hydrogens is 234 g/mol. The molecule has 2 aromatic rings. The minimum Gasteiger partial charge on any atom is -0.304 e. The van der Waals surface area contributed by atoms with Crippen LogP contribution in [-0.2, 0) is 6.54 Å². The van der Waals surface area contributed by atoms with E-state index < -0.39 is 0 Å². The topological polar surface area (TPSA) is 29.9 Å². The Balaban J connectivity index is 2.06. The number of nitrogens with zero attached hydrogens (tertiary/aromatic N) is 2. The summed E-state index contributed by atoms with van der Waals surface area (Å²) in [6.45, 7) is 9.58. The van der Waals surface area contributed by atoms with Crippen molar-refractivity contribution in [3.63, 3.8) is 0 Å². The first-order valence-electron chi connectivity index (χ1n) is 6.95. The summed E-state index contributed by atoms with van der Waals surface area (Å²) in [6, 6.07) is 9.17. The summed E-state index contributed by atoms with van der Waals surface area (Å²) in [7, 11) is 0. The van der Waals surface area contributed by atoms with Crippen molar-refractivity contribution in [2.75, 3.05) is 0 Å². The molecule has 0 aliphatic rings. The van der Waals surface area contributed by atoms with Crippen LogP contribution < -0.4 is 5.32 Å². The van der Waals surface area contributed by atoms with E-state index in [0.717, 1.165) is 6.54 Å². The Morgan fingerprint density at radius 2 is 1.95 bits per heavy atom. The predicted octanol–water partition coefficient (Wildman–Crippen LogP) is 3.62. The molecule has 2 rings (SSSR count). The van der Waals surface area contributed by atoms with Crippen LogP contribution in [0.3, 0.4) is 0 Å². The highest BCUT2D eigenvalue weighted by atomic mass is 15.3. The number of aromatic nitrogens is 2. The number of rotatable bonds is 5. The van der Waals surface area contributed by atoms with Gasteiger partial charge < -0.3 is 5.32 Å². The first kappa shape index (κ1) is 13.8. The lowest BCUT2D eigenvalue weighted by Crippen LogP contribution is -2.22. The third-order valence-electron chi connectivity index (χ3n) is 3.63. The van der Waals surface area contributed by atoms with Crippen molar-refractivity contribution in [1.29, 1.82) is 0 Å². The maximum Gasteiger partial charge on any atom is 0.0537 e. The first-order valence-corrected chi connectivity index (χ1v) is 6.95. The van der Waals surface area contributed by atoms with Crippen LogP contribution >= 0.6 is 0 Å². The van der Waals surface area contributed by atoms with Gasteiger partial charge in [0.05, 0.1) is 6.20 Å². The number of aryl methyl sites for hydroxylation is 2. The van der Waals surface area contributed by atoms with E-state index >= 15 is 0 Å². The highest BCUT2D eigenvalue weighted by Gasteiger charge is 2.13. The molecule has 0 spiro atoms. The zero-order chi connectivity index (χ0) is 13.8. The summed E-state index contributed by atoms with van der Waals surface area (Å²) < 4.78 is 1.96. The fourth-order valence-electron chi connectivity index (χ4n) is 2.41. The van der Waals surface area contributed by atoms with E-state index in [9.17, 15) is 0 Å². The van der Waals surface area contributed by atoms with Crippen LogP contribution in [0.25, 0.3) is 0 Å². The van der Waals surface area contributed by atoms with Crippen LogP contribution in [0.15, 0.2) is 36.7 Å². The molecule has 1 aromatic carbocycles. The second kappa shape index (κ2) is 6.02. The highest BCUT2D eigenvalue weighted by Crippen LogP contribution is 2.21. The Morgan fingerprint density at radius 1 is 1.21 bits per heavy atom. The van der Waals surface area contributed by atoms with Crippen LogP contribution in [0.1, 0.15) is 49.5 Å². The highest BCUT2D eigenvalue weighted by molar-refractivity contribution is 5.28. The number of nitrogens with one attached hydrogen (secondary N) is 1. The summed E-state index contributed by atoms with van der Waals surface area (Å²) in [5.41, 5.74) is 3.93. The van der Waals surface area contributed by atoms with E-state index in [-0.39, 0.29) is 0 Å². The quantitative estimate of drug-likeness (QED) is 0.886. The zero-order valence-corrected chi connectivity index (χ0v) is 12.2. The molecule has 19 heavy (non-hydrogen) atoms. The van der Waals surface area contributed by atoms with E-state index in [0.29, 0.717) is 12.1 Å². The molecular formula is C16H23N3. The smallest absolute Gasteiger partial charge is 0.0537 e. The van der Waals surface area contributed by atoms with Crippen molar-refractivity contribution in [1.82, 2.24) is 15.1 Å². The van der Waals surface area contributed by atoms with Crippen LogP contribution in [0.4, 0.5) is 0 Å². The second-order valence-corrected chi connectivity index (χ2v) is 5.10. The van der Waals surface area contributed by atoms with E-state index in [1.807, 2.05) is 10.9 Å². The van der Waals surface area contributed by atoms with Crippen LogP contribution in [0, 0.1) is 6.92 Å². The van der Waals surface area contributed by atoms with Gasteiger partial charge in [-0.15, -0.1) is 0 Å². The fraction of sp³-hybridized carbons (Fsp3) is 0.438. The van der Waals surface area contributed by atoms with E-state index in [4.69, 9.17) is 0 Å². The van der Waals surface area contributed by atoms with E-state index in [1.165, 1.54) is 16.7 Å². The van der Waals surface area contributed by atoms with E-state index in [2.05, 4.69) is 68.6 Å². The van der Waals surface area contributed by atoms with Gasteiger partial charge in [0, 0.05) is 30.4 Å². The molecule has 3 nitrogen and oxygen atoms in total. The summed E-state index contributed by atoms with van der Waals surface area (Å²) in [4.78, 5) is 0. The molecule has 3 heteroatoms. The first-order chi connectivity index (χ1) is 9.11. The molecule has 0 saturated heterocycles. The lowest BCUT2D eigenvalue weighted by Gasteiger charge is -2.21. The van der Waals surface area contributed by atoms with Crippen molar-refractivity contribution in [2.45, 2.75) is 46.3 Å². The lowest BCUT2D eigenvalue weighted by atomic mass is 10.0. The molecule has 2 unspecified atom stereocenters. The van der Waals surface area contributed by atoms with Gasteiger partial charge in [0.15, 0.2) is 0 Å². The monoisotopic (exact) mass is 257 g/mol. The Labute approximate surface area is 115 Å². The maximum absolute atomic E-state index is 4.33. The van der Waals surface area contributed by atoms with Gasteiger partial charge in [-0.3, -0.25) is 4.68 Å². The molecule has 0 aliphatic carbocycles.